The molecule has 20 heavy (non-hydrogen) atoms. The Labute approximate surface area is 124 Å². The van der Waals surface area contributed by atoms with Gasteiger partial charge in [0.1, 0.15) is 11.5 Å². The highest BCUT2D eigenvalue weighted by Gasteiger charge is 2.08. The zero-order valence-electron chi connectivity index (χ0n) is 12.2. The van der Waals surface area contributed by atoms with Gasteiger partial charge in [-0.3, -0.25) is 0 Å². The maximum absolute atomic E-state index is 5.45. The number of thioether (sulfide) groups is 1. The fourth-order valence-corrected chi connectivity index (χ4v) is 2.94. The minimum Gasteiger partial charge on any atom is -0.496 e. The number of furan rings is 1. The molecule has 4 heteroatoms. The second-order valence-corrected chi connectivity index (χ2v) is 5.57. The fourth-order valence-electron chi connectivity index (χ4n) is 2.00. The van der Waals surface area contributed by atoms with Crippen molar-refractivity contribution in [1.82, 2.24) is 5.32 Å². The number of hydrogen-bond acceptors (Lipinski definition) is 4. The van der Waals surface area contributed by atoms with Crippen LogP contribution in [0.5, 0.6) is 5.75 Å². The molecule has 1 heterocycles. The van der Waals surface area contributed by atoms with E-state index < -0.39 is 0 Å². The van der Waals surface area contributed by atoms with E-state index in [4.69, 9.17) is 9.15 Å². The molecule has 0 fully saturated rings. The Kier molecular flexibility index (Phi) is 5.56. The highest BCUT2D eigenvalue weighted by molar-refractivity contribution is 7.98. The molecule has 0 spiro atoms. The van der Waals surface area contributed by atoms with E-state index in [-0.39, 0.29) is 0 Å². The molecule has 0 saturated carbocycles. The minimum atomic E-state index is 0.878. The highest BCUT2D eigenvalue weighted by Crippen LogP contribution is 2.31. The lowest BCUT2D eigenvalue weighted by Gasteiger charge is -2.11. The molecular weight excluding hydrogens is 270 g/mol. The molecule has 0 atom stereocenters. The number of rotatable bonds is 7. The number of benzene rings is 1. The van der Waals surface area contributed by atoms with Crippen molar-refractivity contribution in [2.45, 2.75) is 31.0 Å². The van der Waals surface area contributed by atoms with E-state index in [0.29, 0.717) is 0 Å². The maximum Gasteiger partial charge on any atom is 0.122 e. The summed E-state index contributed by atoms with van der Waals surface area (Å²) in [5.41, 5.74) is 2.50. The van der Waals surface area contributed by atoms with Crippen molar-refractivity contribution >= 4 is 11.8 Å². The van der Waals surface area contributed by atoms with Crippen LogP contribution in [0.3, 0.4) is 0 Å². The number of aryl methyl sites for hydroxylation is 1. The van der Waals surface area contributed by atoms with Gasteiger partial charge >= 0.3 is 0 Å². The molecule has 1 aromatic heterocycles. The molecule has 1 N–H and O–H groups in total. The molecule has 0 aliphatic carbocycles. The van der Waals surface area contributed by atoms with Crippen LogP contribution in [-0.2, 0) is 12.3 Å². The quantitative estimate of drug-likeness (QED) is 0.782. The minimum absolute atomic E-state index is 0.878. The maximum atomic E-state index is 5.45. The van der Waals surface area contributed by atoms with Crippen molar-refractivity contribution in [3.8, 4) is 5.75 Å². The van der Waals surface area contributed by atoms with Crippen LogP contribution in [0.4, 0.5) is 0 Å². The lowest BCUT2D eigenvalue weighted by Crippen LogP contribution is -2.11. The summed E-state index contributed by atoms with van der Waals surface area (Å²) in [6, 6.07) is 8.38. The monoisotopic (exact) mass is 291 g/mol. The largest absolute Gasteiger partial charge is 0.496 e. The van der Waals surface area contributed by atoms with E-state index >= 15 is 0 Å². The first kappa shape index (κ1) is 15.0. The Balaban J connectivity index is 2.09. The van der Waals surface area contributed by atoms with Crippen LogP contribution in [0, 0.1) is 6.92 Å². The average Bonchev–Trinajstić information content (AvgIpc) is 2.88. The molecule has 1 aromatic carbocycles. The molecule has 2 aromatic rings. The summed E-state index contributed by atoms with van der Waals surface area (Å²) >= 11 is 1.77. The van der Waals surface area contributed by atoms with Gasteiger partial charge in [-0.2, -0.15) is 0 Å². The third kappa shape index (κ3) is 3.81. The van der Waals surface area contributed by atoms with Crippen molar-refractivity contribution in [2.75, 3.05) is 13.7 Å². The normalized spacial score (nSPS) is 10.8. The zero-order chi connectivity index (χ0) is 14.4. The Morgan fingerprint density at radius 1 is 1.30 bits per heavy atom. The van der Waals surface area contributed by atoms with E-state index in [0.717, 1.165) is 30.4 Å². The molecule has 0 unspecified atom stereocenters. The van der Waals surface area contributed by atoms with E-state index in [9.17, 15) is 0 Å². The number of hydrogen-bond donors (Lipinski definition) is 1. The molecule has 0 saturated heterocycles. The molecular formula is C16H21NO2S. The molecule has 108 valence electrons. The Morgan fingerprint density at radius 2 is 2.15 bits per heavy atom. The van der Waals surface area contributed by atoms with Crippen LogP contribution < -0.4 is 10.1 Å². The zero-order valence-corrected chi connectivity index (χ0v) is 13.0. The van der Waals surface area contributed by atoms with E-state index in [2.05, 4.69) is 24.4 Å². The van der Waals surface area contributed by atoms with Crippen molar-refractivity contribution in [3.63, 3.8) is 0 Å². The molecule has 2 rings (SSSR count). The van der Waals surface area contributed by atoms with Crippen molar-refractivity contribution in [3.05, 3.63) is 47.4 Å². The summed E-state index contributed by atoms with van der Waals surface area (Å²) in [5, 5.41) is 3.35. The lowest BCUT2D eigenvalue weighted by atomic mass is 10.1. The molecule has 0 aliphatic heterocycles. The first-order chi connectivity index (χ1) is 9.74. The molecule has 0 bridgehead atoms. The van der Waals surface area contributed by atoms with Crippen molar-refractivity contribution in [2.24, 2.45) is 0 Å². The highest BCUT2D eigenvalue weighted by atomic mass is 32.2. The smallest absolute Gasteiger partial charge is 0.122 e. The van der Waals surface area contributed by atoms with Crippen molar-refractivity contribution < 1.29 is 9.15 Å². The summed E-state index contributed by atoms with van der Waals surface area (Å²) in [6.45, 7) is 5.97. The van der Waals surface area contributed by atoms with E-state index in [1.165, 1.54) is 16.0 Å². The Hall–Kier alpha value is -1.39. The third-order valence-electron chi connectivity index (χ3n) is 3.12. The van der Waals surface area contributed by atoms with Gasteiger partial charge in [-0.05, 0) is 37.2 Å². The molecule has 0 aliphatic rings. The van der Waals surface area contributed by atoms with Crippen LogP contribution in [0.2, 0.25) is 0 Å². The van der Waals surface area contributed by atoms with E-state index in [1.807, 2.05) is 19.1 Å². The predicted molar refractivity (Wildman–Crippen MR) is 83.4 cm³/mol. The van der Waals surface area contributed by atoms with Crippen LogP contribution in [0.25, 0.3) is 0 Å². The Morgan fingerprint density at radius 3 is 2.80 bits per heavy atom. The summed E-state index contributed by atoms with van der Waals surface area (Å²) in [4.78, 5) is 1.18. The second kappa shape index (κ2) is 7.41. The van der Waals surface area contributed by atoms with Gasteiger partial charge in [-0.15, -0.1) is 11.8 Å². The number of methoxy groups -OCH3 is 1. The number of nitrogens with one attached hydrogen (secondary N) is 1. The Bertz CT molecular complexity index is 551. The van der Waals surface area contributed by atoms with Crippen LogP contribution in [0.1, 0.15) is 23.8 Å². The van der Waals surface area contributed by atoms with Gasteiger partial charge < -0.3 is 14.5 Å². The third-order valence-corrected chi connectivity index (χ3v) is 4.31. The summed E-state index contributed by atoms with van der Waals surface area (Å²) in [7, 11) is 1.72. The molecule has 0 radical (unpaired) electrons. The van der Waals surface area contributed by atoms with E-state index in [1.54, 1.807) is 25.1 Å². The standard InChI is InChI=1S/C16H21NO2S/c1-4-17-10-13-5-6-15(18-3)14(9-13)11-20-16-7-8-19-12(16)2/h5-9,17H,4,10-11H2,1-3H3. The van der Waals surface area contributed by atoms with Gasteiger partial charge in [0.05, 0.1) is 13.4 Å². The lowest BCUT2D eigenvalue weighted by molar-refractivity contribution is 0.411. The van der Waals surface area contributed by atoms with Crippen molar-refractivity contribution in [1.29, 1.82) is 0 Å². The topological polar surface area (TPSA) is 34.4 Å². The molecule has 0 amide bonds. The predicted octanol–water partition coefficient (Wildman–Crippen LogP) is 4.00. The van der Waals surface area contributed by atoms with Gasteiger partial charge in [0, 0.05) is 22.8 Å². The van der Waals surface area contributed by atoms with Gasteiger partial charge in [0.2, 0.25) is 0 Å². The molecule has 3 nitrogen and oxygen atoms in total. The summed E-state index contributed by atoms with van der Waals surface area (Å²) in [5.74, 6) is 2.79. The summed E-state index contributed by atoms with van der Waals surface area (Å²) in [6.07, 6.45) is 1.73. The first-order valence-corrected chi connectivity index (χ1v) is 7.76. The first-order valence-electron chi connectivity index (χ1n) is 6.78. The van der Waals surface area contributed by atoms with Gasteiger partial charge in [0.25, 0.3) is 0 Å². The van der Waals surface area contributed by atoms with Gasteiger partial charge in [-0.25, -0.2) is 0 Å². The second-order valence-electron chi connectivity index (χ2n) is 4.56. The fraction of sp³-hybridized carbons (Fsp3) is 0.375. The van der Waals surface area contributed by atoms with Crippen LogP contribution in [0.15, 0.2) is 39.8 Å². The van der Waals surface area contributed by atoms with Crippen LogP contribution in [-0.4, -0.2) is 13.7 Å². The van der Waals surface area contributed by atoms with Crippen LogP contribution >= 0.6 is 11.8 Å². The SMILES string of the molecule is CCNCc1ccc(OC)c(CSc2ccoc2C)c1. The van der Waals surface area contributed by atoms with Gasteiger partial charge in [-0.1, -0.05) is 13.0 Å². The van der Waals surface area contributed by atoms with Gasteiger partial charge in [0.15, 0.2) is 0 Å². The number of ether oxygens (including phenoxy) is 1. The summed E-state index contributed by atoms with van der Waals surface area (Å²) < 4.78 is 10.8. The average molecular weight is 291 g/mol.